The van der Waals surface area contributed by atoms with Gasteiger partial charge in [-0.25, -0.2) is 0 Å². The summed E-state index contributed by atoms with van der Waals surface area (Å²) in [4.78, 5) is 47.9. The summed E-state index contributed by atoms with van der Waals surface area (Å²) in [5.41, 5.74) is -2.44. The minimum absolute atomic E-state index is 0.184. The second-order valence-electron chi connectivity index (χ2n) is 12.1. The Balaban J connectivity index is 1.55. The third-order valence-electron chi connectivity index (χ3n) is 8.91. The van der Waals surface area contributed by atoms with Gasteiger partial charge in [0.1, 0.15) is 17.6 Å². The summed E-state index contributed by atoms with van der Waals surface area (Å²) >= 11 is 0. The Kier molecular flexibility index (Phi) is 8.20. The number of morpholine rings is 1. The SMILES string of the molecule is CC(C)C[C@H](CO)N1C(=O)[C@@H]2[C@H]3C(=O)OCCC/C=C\[C@@]3(C)O[C@@]23C=CCN(CCN2CCOCC2)C(=O)C13. The highest BCUT2D eigenvalue weighted by atomic mass is 16.6. The van der Waals surface area contributed by atoms with E-state index in [2.05, 4.69) is 4.90 Å². The number of ether oxygens (including phenoxy) is 3. The summed E-state index contributed by atoms with van der Waals surface area (Å²) < 4.78 is 17.9. The molecular weight excluding hydrogens is 502 g/mol. The lowest BCUT2D eigenvalue weighted by Crippen LogP contribution is -2.59. The summed E-state index contributed by atoms with van der Waals surface area (Å²) in [6.45, 7) is 10.4. The van der Waals surface area contributed by atoms with E-state index >= 15 is 0 Å². The minimum Gasteiger partial charge on any atom is -0.465 e. The standard InChI is InChI=1S/C29H43N3O7/c1-20(2)18-21(19-33)32-24-26(35)31(12-11-30-13-16-37-17-14-30)10-7-9-29(24)22(25(32)34)23-27(36)38-15-6-4-5-8-28(23,3)39-29/h5,7-9,20-24,33H,4,6,10-19H2,1-3H3/b8-5-/t21-,22+,23+,24?,28-,29+/m1/s1. The maximum atomic E-state index is 14.4. The van der Waals surface area contributed by atoms with Gasteiger partial charge in [0.2, 0.25) is 11.8 Å². The van der Waals surface area contributed by atoms with Crippen molar-refractivity contribution < 1.29 is 33.7 Å². The van der Waals surface area contributed by atoms with Crippen LogP contribution in [0.15, 0.2) is 24.3 Å². The van der Waals surface area contributed by atoms with Crippen LogP contribution in [0.25, 0.3) is 0 Å². The van der Waals surface area contributed by atoms with Crippen molar-refractivity contribution in [3.8, 4) is 0 Å². The molecule has 10 heteroatoms. The summed E-state index contributed by atoms with van der Waals surface area (Å²) in [7, 11) is 0. The van der Waals surface area contributed by atoms with Crippen molar-refractivity contribution in [2.75, 3.05) is 59.2 Å². The van der Waals surface area contributed by atoms with Crippen LogP contribution in [0.2, 0.25) is 0 Å². The van der Waals surface area contributed by atoms with Crippen molar-refractivity contribution in [2.45, 2.75) is 63.3 Å². The smallest absolute Gasteiger partial charge is 0.313 e. The second kappa shape index (κ2) is 11.3. The Morgan fingerprint density at radius 2 is 1.79 bits per heavy atom. The first-order valence-electron chi connectivity index (χ1n) is 14.5. The van der Waals surface area contributed by atoms with Gasteiger partial charge in [0.25, 0.3) is 0 Å². The Bertz CT molecular complexity index is 1010. The molecule has 5 rings (SSSR count). The average molecular weight is 546 g/mol. The molecule has 0 radical (unpaired) electrons. The number of carbonyl (C=O) groups excluding carboxylic acids is 3. The first-order chi connectivity index (χ1) is 18.7. The van der Waals surface area contributed by atoms with Crippen LogP contribution < -0.4 is 0 Å². The monoisotopic (exact) mass is 545 g/mol. The molecule has 1 N–H and O–H groups in total. The predicted molar refractivity (Wildman–Crippen MR) is 142 cm³/mol. The molecule has 5 aliphatic heterocycles. The second-order valence-corrected chi connectivity index (χ2v) is 12.1. The molecule has 5 heterocycles. The molecule has 2 amide bonds. The van der Waals surface area contributed by atoms with Crippen LogP contribution in [0.4, 0.5) is 0 Å². The molecule has 0 saturated carbocycles. The third kappa shape index (κ3) is 5.05. The summed E-state index contributed by atoms with van der Waals surface area (Å²) in [6.07, 6.45) is 9.56. The van der Waals surface area contributed by atoms with E-state index in [4.69, 9.17) is 14.2 Å². The van der Waals surface area contributed by atoms with Gasteiger partial charge in [0.05, 0.1) is 44.0 Å². The fraction of sp³-hybridized carbons (Fsp3) is 0.759. The van der Waals surface area contributed by atoms with Crippen LogP contribution in [0.5, 0.6) is 0 Å². The number of aliphatic hydroxyl groups excluding tert-OH is 1. The minimum atomic E-state index is -1.34. The van der Waals surface area contributed by atoms with E-state index < -0.39 is 41.1 Å². The molecule has 216 valence electrons. The average Bonchev–Trinajstić information content (AvgIpc) is 3.27. The van der Waals surface area contributed by atoms with Gasteiger partial charge < -0.3 is 29.1 Å². The Morgan fingerprint density at radius 3 is 2.51 bits per heavy atom. The third-order valence-corrected chi connectivity index (χ3v) is 8.91. The number of aliphatic hydroxyl groups is 1. The largest absolute Gasteiger partial charge is 0.465 e. The molecule has 0 aromatic carbocycles. The first-order valence-corrected chi connectivity index (χ1v) is 14.5. The Hall–Kier alpha value is -2.27. The van der Waals surface area contributed by atoms with Crippen molar-refractivity contribution >= 4 is 17.8 Å². The number of hydrogen-bond acceptors (Lipinski definition) is 8. The molecule has 39 heavy (non-hydrogen) atoms. The predicted octanol–water partition coefficient (Wildman–Crippen LogP) is 0.988. The molecule has 10 nitrogen and oxygen atoms in total. The first kappa shape index (κ1) is 28.3. The van der Waals surface area contributed by atoms with Crippen molar-refractivity contribution in [1.82, 2.24) is 14.7 Å². The number of allylic oxidation sites excluding steroid dienone is 1. The summed E-state index contributed by atoms with van der Waals surface area (Å²) in [5.74, 6) is -2.65. The van der Waals surface area contributed by atoms with Gasteiger partial charge in [-0.15, -0.1) is 0 Å². The molecule has 1 unspecified atom stereocenters. The zero-order valence-electron chi connectivity index (χ0n) is 23.4. The van der Waals surface area contributed by atoms with Crippen LogP contribution in [0, 0.1) is 17.8 Å². The lowest BCUT2D eigenvalue weighted by atomic mass is 9.74. The van der Waals surface area contributed by atoms with E-state index in [9.17, 15) is 19.5 Å². The number of nitrogens with zero attached hydrogens (tertiary/aromatic N) is 3. The number of esters is 1. The Labute approximate surface area is 230 Å². The number of likely N-dealkylation sites (tertiary alicyclic amines) is 1. The molecular formula is C29H43N3O7. The van der Waals surface area contributed by atoms with Gasteiger partial charge in [-0.05, 0) is 32.1 Å². The van der Waals surface area contributed by atoms with Gasteiger partial charge in [-0.3, -0.25) is 19.3 Å². The van der Waals surface area contributed by atoms with E-state index in [0.29, 0.717) is 45.7 Å². The summed E-state index contributed by atoms with van der Waals surface area (Å²) in [6, 6.07) is -1.55. The fourth-order valence-corrected chi connectivity index (χ4v) is 7.12. The molecule has 3 fully saturated rings. The van der Waals surface area contributed by atoms with Crippen molar-refractivity contribution in [3.05, 3.63) is 24.3 Å². The highest BCUT2D eigenvalue weighted by molar-refractivity contribution is 5.99. The van der Waals surface area contributed by atoms with Crippen LogP contribution in [0.3, 0.4) is 0 Å². The van der Waals surface area contributed by atoms with Crippen LogP contribution >= 0.6 is 0 Å². The zero-order valence-corrected chi connectivity index (χ0v) is 23.4. The van der Waals surface area contributed by atoms with Gasteiger partial charge in [0, 0.05) is 32.7 Å². The van der Waals surface area contributed by atoms with Crippen LogP contribution in [-0.2, 0) is 28.6 Å². The maximum Gasteiger partial charge on any atom is 0.313 e. The number of amides is 2. The normalized spacial score (nSPS) is 36.9. The number of cyclic esters (lactones) is 1. The van der Waals surface area contributed by atoms with Crippen molar-refractivity contribution in [2.24, 2.45) is 17.8 Å². The topological polar surface area (TPSA) is 109 Å². The maximum absolute atomic E-state index is 14.4. The molecule has 0 aromatic rings. The van der Waals surface area contributed by atoms with Gasteiger partial charge in [-0.1, -0.05) is 38.2 Å². The lowest BCUT2D eigenvalue weighted by Gasteiger charge is -2.40. The number of hydrogen-bond donors (Lipinski definition) is 1. The van der Waals surface area contributed by atoms with Crippen LogP contribution in [-0.4, -0.2) is 120 Å². The van der Waals surface area contributed by atoms with E-state index in [1.807, 2.05) is 45.1 Å². The Morgan fingerprint density at radius 1 is 1.03 bits per heavy atom. The highest BCUT2D eigenvalue weighted by Gasteiger charge is 2.75. The molecule has 5 aliphatic rings. The zero-order chi connectivity index (χ0) is 27.8. The number of carbonyl (C=O) groups is 3. The van der Waals surface area contributed by atoms with Gasteiger partial charge >= 0.3 is 5.97 Å². The molecule has 0 aromatic heterocycles. The number of fused-ring (bicyclic) bond motifs is 2. The molecule has 1 spiro atoms. The number of rotatable bonds is 7. The highest BCUT2D eigenvalue weighted by Crippen LogP contribution is 2.57. The quantitative estimate of drug-likeness (QED) is 0.373. The van der Waals surface area contributed by atoms with Crippen LogP contribution in [0.1, 0.15) is 40.0 Å². The molecule has 0 aliphatic carbocycles. The van der Waals surface area contributed by atoms with E-state index in [0.717, 1.165) is 19.5 Å². The lowest BCUT2D eigenvalue weighted by molar-refractivity contribution is -0.161. The molecule has 6 atom stereocenters. The molecule has 3 saturated heterocycles. The van der Waals surface area contributed by atoms with E-state index in [1.54, 1.807) is 9.80 Å². The van der Waals surface area contributed by atoms with E-state index in [1.165, 1.54) is 0 Å². The fourth-order valence-electron chi connectivity index (χ4n) is 7.12. The van der Waals surface area contributed by atoms with Crippen molar-refractivity contribution in [1.29, 1.82) is 0 Å². The van der Waals surface area contributed by atoms with Gasteiger partial charge in [-0.2, -0.15) is 0 Å². The van der Waals surface area contributed by atoms with Gasteiger partial charge in [0.15, 0.2) is 0 Å². The van der Waals surface area contributed by atoms with E-state index in [-0.39, 0.29) is 30.9 Å². The molecule has 0 bridgehead atoms. The van der Waals surface area contributed by atoms with Crippen molar-refractivity contribution in [3.63, 3.8) is 0 Å². The summed E-state index contributed by atoms with van der Waals surface area (Å²) in [5, 5.41) is 10.5.